The molecule has 0 heterocycles. The van der Waals surface area contributed by atoms with Crippen LogP contribution in [0.15, 0.2) is 0 Å². The number of nitro groups is 1. The zero-order chi connectivity index (χ0) is 7.65. The normalized spacial score (nSPS) is 20.4. The maximum Gasteiger partial charge on any atom is 0.279 e. The highest BCUT2D eigenvalue weighted by Gasteiger charge is 2.39. The van der Waals surface area contributed by atoms with Crippen LogP contribution in [0.4, 0.5) is 0 Å². The molecule has 0 amide bonds. The van der Waals surface area contributed by atoms with Gasteiger partial charge in [0.1, 0.15) is 5.38 Å². The Labute approximate surface area is 65.9 Å². The van der Waals surface area contributed by atoms with Crippen LogP contribution >= 0.6 is 23.2 Å². The van der Waals surface area contributed by atoms with E-state index in [9.17, 15) is 10.1 Å². The molecule has 0 rings (SSSR count). The lowest BCUT2D eigenvalue weighted by Gasteiger charge is -2.14. The Kier molecular flexibility index (Phi) is 2.92. The van der Waals surface area contributed by atoms with Crippen molar-refractivity contribution in [2.75, 3.05) is 0 Å². The predicted molar refractivity (Wildman–Crippen MR) is 36.6 cm³/mol. The number of rotatable bonds is 2. The summed E-state index contributed by atoms with van der Waals surface area (Å²) in [6.45, 7) is 1.43. The van der Waals surface area contributed by atoms with Crippen molar-refractivity contribution < 1.29 is 4.92 Å². The van der Waals surface area contributed by atoms with Gasteiger partial charge in [0.25, 0.3) is 4.62 Å². The predicted octanol–water partition coefficient (Wildman–Crippen LogP) is 0.951. The van der Waals surface area contributed by atoms with Gasteiger partial charge in [-0.3, -0.25) is 10.1 Å². The zero-order valence-corrected chi connectivity index (χ0v) is 7.11. The molecule has 0 bridgehead atoms. The smallest absolute Gasteiger partial charge is 0.263 e. The fourth-order valence-electron chi connectivity index (χ4n) is 0.145. The Morgan fingerprint density at radius 2 is 2.22 bits per heavy atom. The summed E-state index contributed by atoms with van der Waals surface area (Å²) < 4.78 is -1.73. The van der Waals surface area contributed by atoms with Gasteiger partial charge in [0.2, 0.25) is 0 Å². The van der Waals surface area contributed by atoms with Crippen molar-refractivity contribution >= 4 is 33.4 Å². The van der Waals surface area contributed by atoms with Gasteiger partial charge in [-0.1, -0.05) is 0 Å². The van der Waals surface area contributed by atoms with Crippen molar-refractivity contribution in [2.45, 2.75) is 16.9 Å². The van der Waals surface area contributed by atoms with Crippen LogP contribution in [-0.2, 0) is 0 Å². The topological polar surface area (TPSA) is 43.1 Å². The molecule has 0 aromatic carbocycles. The van der Waals surface area contributed by atoms with Crippen molar-refractivity contribution in [2.24, 2.45) is 0 Å². The standard InChI is InChI=1S/C3H4Cl2NO2Si/c1-2(4)3(5,9)6(7)8/h2H,1H3. The van der Waals surface area contributed by atoms with Crippen LogP contribution in [0.3, 0.4) is 0 Å². The molecule has 0 fully saturated rings. The minimum absolute atomic E-state index is 0.691. The first-order valence-corrected chi connectivity index (χ1v) is 3.43. The molecule has 3 radical (unpaired) electrons. The van der Waals surface area contributed by atoms with Crippen LogP contribution in [-0.4, -0.2) is 25.2 Å². The molecule has 51 valence electrons. The van der Waals surface area contributed by atoms with Crippen LogP contribution in [0.25, 0.3) is 0 Å². The third-order valence-electron chi connectivity index (χ3n) is 0.793. The van der Waals surface area contributed by atoms with Gasteiger partial charge in [0.15, 0.2) is 10.2 Å². The van der Waals surface area contributed by atoms with Gasteiger partial charge >= 0.3 is 0 Å². The molecule has 0 saturated carbocycles. The van der Waals surface area contributed by atoms with Crippen LogP contribution in [0.5, 0.6) is 0 Å². The quantitative estimate of drug-likeness (QED) is 0.211. The molecule has 3 nitrogen and oxygen atoms in total. The number of hydrogen-bond acceptors (Lipinski definition) is 2. The van der Waals surface area contributed by atoms with Crippen LogP contribution in [0, 0.1) is 10.1 Å². The maximum atomic E-state index is 10.0. The van der Waals surface area contributed by atoms with E-state index in [-0.39, 0.29) is 0 Å². The summed E-state index contributed by atoms with van der Waals surface area (Å²) >= 11 is 10.6. The molecule has 0 aromatic heterocycles. The molecule has 0 aromatic rings. The number of nitrogens with zero attached hydrogens (tertiary/aromatic N) is 1. The Morgan fingerprint density at radius 1 is 1.89 bits per heavy atom. The maximum absolute atomic E-state index is 10.0. The molecular formula is C3H4Cl2NO2Si. The van der Waals surface area contributed by atoms with Crippen LogP contribution in [0.1, 0.15) is 6.92 Å². The second-order valence-electron chi connectivity index (χ2n) is 1.55. The molecule has 0 aliphatic heterocycles. The van der Waals surface area contributed by atoms with Crippen LogP contribution < -0.4 is 0 Å². The first-order valence-electron chi connectivity index (χ1n) is 2.11. The van der Waals surface area contributed by atoms with Gasteiger partial charge in [-0.05, 0) is 18.5 Å². The van der Waals surface area contributed by atoms with Gasteiger partial charge in [-0.25, -0.2) is 0 Å². The lowest BCUT2D eigenvalue weighted by Crippen LogP contribution is -2.40. The van der Waals surface area contributed by atoms with E-state index in [0.717, 1.165) is 0 Å². The first-order chi connectivity index (χ1) is 3.89. The average Bonchev–Trinajstić information content (AvgIpc) is 1.65. The van der Waals surface area contributed by atoms with E-state index in [1.54, 1.807) is 0 Å². The second kappa shape index (κ2) is 2.85. The highest BCUT2D eigenvalue weighted by molar-refractivity contribution is 6.47. The van der Waals surface area contributed by atoms with Gasteiger partial charge in [0.05, 0.1) is 0 Å². The van der Waals surface area contributed by atoms with Gasteiger partial charge in [0, 0.05) is 4.92 Å². The third-order valence-corrected chi connectivity index (χ3v) is 2.48. The molecule has 2 atom stereocenters. The molecule has 6 heteroatoms. The fraction of sp³-hybridized carbons (Fsp3) is 1.00. The van der Waals surface area contributed by atoms with Crippen LogP contribution in [0.2, 0.25) is 0 Å². The summed E-state index contributed by atoms with van der Waals surface area (Å²) in [5.41, 5.74) is 0. The van der Waals surface area contributed by atoms with Crippen molar-refractivity contribution in [3.8, 4) is 0 Å². The Morgan fingerprint density at radius 3 is 2.22 bits per heavy atom. The minimum atomic E-state index is -1.73. The summed E-state index contributed by atoms with van der Waals surface area (Å²) in [5, 5.41) is 9.24. The average molecular weight is 185 g/mol. The minimum Gasteiger partial charge on any atom is -0.263 e. The van der Waals surface area contributed by atoms with E-state index in [0.29, 0.717) is 0 Å². The summed E-state index contributed by atoms with van der Waals surface area (Å²) in [5.74, 6) is 0. The van der Waals surface area contributed by atoms with E-state index in [1.807, 2.05) is 0 Å². The lowest BCUT2D eigenvalue weighted by atomic mass is 10.5. The van der Waals surface area contributed by atoms with Gasteiger partial charge in [-0.2, -0.15) is 0 Å². The molecule has 9 heavy (non-hydrogen) atoms. The molecule has 0 saturated heterocycles. The van der Waals surface area contributed by atoms with E-state index in [2.05, 4.69) is 10.2 Å². The zero-order valence-electron chi connectivity index (χ0n) is 4.60. The number of hydrogen-bond donors (Lipinski definition) is 0. The number of alkyl halides is 2. The van der Waals surface area contributed by atoms with Crippen molar-refractivity contribution in [3.05, 3.63) is 10.1 Å². The SMILES string of the molecule is CC(Cl)C([Si])(Cl)[N+](=O)[O-]. The summed E-state index contributed by atoms with van der Waals surface area (Å²) in [4.78, 5) is 9.31. The number of halogens is 2. The van der Waals surface area contributed by atoms with Crippen molar-refractivity contribution in [1.82, 2.24) is 0 Å². The fourth-order valence-corrected chi connectivity index (χ4v) is 0.225. The monoisotopic (exact) mass is 184 g/mol. The van der Waals surface area contributed by atoms with E-state index >= 15 is 0 Å². The van der Waals surface area contributed by atoms with E-state index in [4.69, 9.17) is 23.2 Å². The Hall–Kier alpha value is 0.197. The van der Waals surface area contributed by atoms with Crippen molar-refractivity contribution in [1.29, 1.82) is 0 Å². The molecular weight excluding hydrogens is 181 g/mol. The lowest BCUT2D eigenvalue weighted by molar-refractivity contribution is -0.515. The largest absolute Gasteiger partial charge is 0.279 e. The molecule has 2 unspecified atom stereocenters. The molecule has 0 spiro atoms. The summed E-state index contributed by atoms with van der Waals surface area (Å²) in [6, 6.07) is 0. The summed E-state index contributed by atoms with van der Waals surface area (Å²) in [6.07, 6.45) is 0. The third kappa shape index (κ3) is 2.12. The van der Waals surface area contributed by atoms with Crippen molar-refractivity contribution in [3.63, 3.8) is 0 Å². The van der Waals surface area contributed by atoms with E-state index < -0.39 is 14.9 Å². The second-order valence-corrected chi connectivity index (χ2v) is 3.86. The molecule has 0 N–H and O–H groups in total. The van der Waals surface area contributed by atoms with Gasteiger partial charge < -0.3 is 0 Å². The Balaban J connectivity index is 4.19. The van der Waals surface area contributed by atoms with E-state index in [1.165, 1.54) is 6.92 Å². The Bertz CT molecular complexity index is 127. The first kappa shape index (κ1) is 9.20. The molecule has 0 aliphatic rings. The summed E-state index contributed by atoms with van der Waals surface area (Å²) in [7, 11) is 2.70. The molecule has 0 aliphatic carbocycles. The van der Waals surface area contributed by atoms with Gasteiger partial charge in [-0.15, -0.1) is 11.6 Å². The highest BCUT2D eigenvalue weighted by atomic mass is 35.5. The highest BCUT2D eigenvalue weighted by Crippen LogP contribution is 2.20.